The Bertz CT molecular complexity index is 1000. The molecule has 1 amide bonds. The summed E-state index contributed by atoms with van der Waals surface area (Å²) in [7, 11) is 0. The molecule has 0 spiro atoms. The minimum absolute atomic E-state index is 0.0258. The molecule has 2 fully saturated rings. The van der Waals surface area contributed by atoms with Crippen LogP contribution in [0.15, 0.2) is 61.2 Å². The number of halogens is 2. The predicted molar refractivity (Wildman–Crippen MR) is 136 cm³/mol. The van der Waals surface area contributed by atoms with Crippen molar-refractivity contribution >= 4 is 29.1 Å². The van der Waals surface area contributed by atoms with Crippen molar-refractivity contribution in [2.45, 2.75) is 70.1 Å². The first-order valence-electron chi connectivity index (χ1n) is 11.9. The van der Waals surface area contributed by atoms with Gasteiger partial charge < -0.3 is 10.0 Å². The van der Waals surface area contributed by atoms with Crippen LogP contribution in [0.2, 0.25) is 10.0 Å². The summed E-state index contributed by atoms with van der Waals surface area (Å²) in [6, 6.07) is 15.3. The molecule has 5 heteroatoms. The fourth-order valence-corrected chi connectivity index (χ4v) is 5.95. The van der Waals surface area contributed by atoms with Gasteiger partial charge in [0, 0.05) is 16.0 Å². The number of hydrogen-bond acceptors (Lipinski definition) is 2. The fourth-order valence-electron chi connectivity index (χ4n) is 5.62. The standard InChI is InChI=1S/C28H33Cl2NO2/c1-4-15-28(3)17-23(20-7-6-8-22(30)16-20)25(18-11-13-21(29)14-12-18)31(27(28)33)26(19-9-10-19)24(32)5-2/h4,6-8,11-14,16,19,23-26,32H,1,5,9-10,15,17H2,2-3H3/t23-,24+,25-,26+,28+/m1/s1. The number of allylic oxidation sites excluding steroid dienone is 1. The molecule has 1 N–H and O–H groups in total. The number of carbonyl (C=O) groups excluding carboxylic acids is 1. The van der Waals surface area contributed by atoms with Crippen LogP contribution in [0, 0.1) is 11.3 Å². The van der Waals surface area contributed by atoms with Crippen LogP contribution in [-0.2, 0) is 4.79 Å². The van der Waals surface area contributed by atoms with Crippen molar-refractivity contribution in [1.29, 1.82) is 0 Å². The van der Waals surface area contributed by atoms with Crippen LogP contribution < -0.4 is 0 Å². The lowest BCUT2D eigenvalue weighted by atomic mass is 9.66. The van der Waals surface area contributed by atoms with Gasteiger partial charge in [-0.3, -0.25) is 4.79 Å². The molecule has 3 nitrogen and oxygen atoms in total. The molecule has 0 bridgehead atoms. The number of aliphatic hydroxyl groups excluding tert-OH is 1. The zero-order valence-electron chi connectivity index (χ0n) is 19.4. The van der Waals surface area contributed by atoms with E-state index in [1.807, 2.05) is 67.3 Å². The summed E-state index contributed by atoms with van der Waals surface area (Å²) < 4.78 is 0. The molecule has 0 radical (unpaired) electrons. The second-order valence-electron chi connectivity index (χ2n) is 9.93. The van der Waals surface area contributed by atoms with Crippen LogP contribution in [-0.4, -0.2) is 28.1 Å². The highest BCUT2D eigenvalue weighted by Gasteiger charge is 2.54. The molecule has 2 aliphatic rings. The normalized spacial score (nSPS) is 27.3. The van der Waals surface area contributed by atoms with Crippen LogP contribution in [0.3, 0.4) is 0 Å². The zero-order valence-corrected chi connectivity index (χ0v) is 20.9. The summed E-state index contributed by atoms with van der Waals surface area (Å²) >= 11 is 12.6. The van der Waals surface area contributed by atoms with Gasteiger partial charge in [-0.1, -0.05) is 67.4 Å². The molecule has 1 aliphatic carbocycles. The summed E-state index contributed by atoms with van der Waals surface area (Å²) in [6.07, 6.45) is 5.24. The molecule has 1 heterocycles. The molecule has 0 aromatic heterocycles. The van der Waals surface area contributed by atoms with Crippen molar-refractivity contribution in [2.24, 2.45) is 11.3 Å². The van der Waals surface area contributed by atoms with Crippen molar-refractivity contribution in [3.8, 4) is 0 Å². The smallest absolute Gasteiger partial charge is 0.229 e. The quantitative estimate of drug-likeness (QED) is 0.402. The van der Waals surface area contributed by atoms with Gasteiger partial charge in [0.05, 0.1) is 23.6 Å². The average molecular weight is 486 g/mol. The first kappa shape index (κ1) is 24.3. The molecule has 2 aromatic carbocycles. The highest BCUT2D eigenvalue weighted by atomic mass is 35.5. The van der Waals surface area contributed by atoms with Crippen LogP contribution in [0.1, 0.15) is 69.0 Å². The summed E-state index contributed by atoms with van der Waals surface area (Å²) in [4.78, 5) is 16.3. The number of likely N-dealkylation sites (tertiary alicyclic amines) is 1. The Hall–Kier alpha value is -1.81. The Kier molecular flexibility index (Phi) is 7.23. The minimum Gasteiger partial charge on any atom is -0.391 e. The largest absolute Gasteiger partial charge is 0.391 e. The SMILES string of the molecule is C=CC[C@@]1(C)C[C@H](c2cccc(Cl)c2)[C@@H](c2ccc(Cl)cc2)N([C@@H](C2CC2)[C@@H](O)CC)C1=O. The first-order chi connectivity index (χ1) is 15.8. The molecule has 1 saturated carbocycles. The van der Waals surface area contributed by atoms with Crippen LogP contribution in [0.5, 0.6) is 0 Å². The van der Waals surface area contributed by atoms with Gasteiger partial charge in [0.1, 0.15) is 0 Å². The van der Waals surface area contributed by atoms with Gasteiger partial charge in [-0.15, -0.1) is 6.58 Å². The van der Waals surface area contributed by atoms with E-state index in [1.165, 1.54) is 0 Å². The highest BCUT2D eigenvalue weighted by Crippen LogP contribution is 2.54. The zero-order chi connectivity index (χ0) is 23.8. The van der Waals surface area contributed by atoms with E-state index in [0.29, 0.717) is 35.2 Å². The Labute approximate surface area is 207 Å². The van der Waals surface area contributed by atoms with Crippen molar-refractivity contribution in [3.63, 3.8) is 0 Å². The molecule has 2 aromatic rings. The average Bonchev–Trinajstić information content (AvgIpc) is 3.63. The molecule has 33 heavy (non-hydrogen) atoms. The number of carbonyl (C=O) groups is 1. The van der Waals surface area contributed by atoms with Gasteiger partial charge in [-0.05, 0) is 73.4 Å². The molecule has 5 atom stereocenters. The third-order valence-corrected chi connectivity index (χ3v) is 7.91. The first-order valence-corrected chi connectivity index (χ1v) is 12.7. The predicted octanol–water partition coefficient (Wildman–Crippen LogP) is 7.18. The lowest BCUT2D eigenvalue weighted by molar-refractivity contribution is -0.159. The van der Waals surface area contributed by atoms with Crippen molar-refractivity contribution < 1.29 is 9.90 Å². The van der Waals surface area contributed by atoms with Gasteiger partial charge in [-0.2, -0.15) is 0 Å². The number of nitrogens with zero attached hydrogens (tertiary/aromatic N) is 1. The summed E-state index contributed by atoms with van der Waals surface area (Å²) in [5.74, 6) is 0.452. The summed E-state index contributed by atoms with van der Waals surface area (Å²) in [6.45, 7) is 7.98. The molecule has 4 rings (SSSR count). The van der Waals surface area contributed by atoms with Gasteiger partial charge in [0.25, 0.3) is 0 Å². The van der Waals surface area contributed by atoms with E-state index in [4.69, 9.17) is 23.2 Å². The number of aliphatic hydroxyl groups is 1. The lowest BCUT2D eigenvalue weighted by Gasteiger charge is -2.53. The van der Waals surface area contributed by atoms with E-state index >= 15 is 0 Å². The van der Waals surface area contributed by atoms with Crippen LogP contribution in [0.25, 0.3) is 0 Å². The Morgan fingerprint density at radius 3 is 2.42 bits per heavy atom. The van der Waals surface area contributed by atoms with E-state index in [2.05, 4.69) is 12.6 Å². The lowest BCUT2D eigenvalue weighted by Crippen LogP contribution is -2.59. The highest BCUT2D eigenvalue weighted by molar-refractivity contribution is 6.30. The molecule has 0 unspecified atom stereocenters. The molecule has 1 aliphatic heterocycles. The molecular formula is C28H33Cl2NO2. The number of piperidine rings is 1. The number of hydrogen-bond donors (Lipinski definition) is 1. The maximum atomic E-state index is 14.2. The van der Waals surface area contributed by atoms with Crippen molar-refractivity contribution in [2.75, 3.05) is 0 Å². The second-order valence-corrected chi connectivity index (χ2v) is 10.8. The Morgan fingerprint density at radius 2 is 1.85 bits per heavy atom. The second kappa shape index (κ2) is 9.82. The monoisotopic (exact) mass is 485 g/mol. The third-order valence-electron chi connectivity index (χ3n) is 7.42. The molecule has 176 valence electrons. The third kappa shape index (κ3) is 4.87. The Balaban J connectivity index is 1.92. The summed E-state index contributed by atoms with van der Waals surface area (Å²) in [5, 5.41) is 12.5. The van der Waals surface area contributed by atoms with E-state index in [9.17, 15) is 9.90 Å². The maximum absolute atomic E-state index is 14.2. The number of benzene rings is 2. The van der Waals surface area contributed by atoms with Crippen LogP contribution in [0.4, 0.5) is 0 Å². The van der Waals surface area contributed by atoms with Gasteiger partial charge >= 0.3 is 0 Å². The number of amides is 1. The van der Waals surface area contributed by atoms with Crippen LogP contribution >= 0.6 is 23.2 Å². The minimum atomic E-state index is -0.599. The van der Waals surface area contributed by atoms with Crippen molar-refractivity contribution in [1.82, 2.24) is 4.90 Å². The molecular weight excluding hydrogens is 453 g/mol. The summed E-state index contributed by atoms with van der Waals surface area (Å²) in [5.41, 5.74) is 1.54. The van der Waals surface area contributed by atoms with E-state index < -0.39 is 11.5 Å². The number of rotatable bonds is 8. The van der Waals surface area contributed by atoms with Gasteiger partial charge in [-0.25, -0.2) is 0 Å². The van der Waals surface area contributed by atoms with Gasteiger partial charge in [0.15, 0.2) is 0 Å². The maximum Gasteiger partial charge on any atom is 0.229 e. The molecule has 1 saturated heterocycles. The Morgan fingerprint density at radius 1 is 1.15 bits per heavy atom. The van der Waals surface area contributed by atoms with E-state index in [1.54, 1.807) is 0 Å². The van der Waals surface area contributed by atoms with Gasteiger partial charge in [0.2, 0.25) is 5.91 Å². The van der Waals surface area contributed by atoms with E-state index in [0.717, 1.165) is 24.0 Å². The van der Waals surface area contributed by atoms with Crippen molar-refractivity contribution in [3.05, 3.63) is 82.4 Å². The van der Waals surface area contributed by atoms with E-state index in [-0.39, 0.29) is 23.9 Å². The fraction of sp³-hybridized carbons (Fsp3) is 0.464. The topological polar surface area (TPSA) is 40.5 Å².